The molecule has 0 saturated carbocycles. The van der Waals surface area contributed by atoms with E-state index in [2.05, 4.69) is 28.2 Å². The monoisotopic (exact) mass is 156 g/mol. The molecule has 3 heteroatoms. The van der Waals surface area contributed by atoms with Gasteiger partial charge in [0.25, 0.3) is 0 Å². The first-order chi connectivity index (χ1) is 5.47. The normalized spacial score (nSPS) is 14.7. The molecule has 2 rings (SSSR count). The molecule has 2 nitrogen and oxygen atoms in total. The molecule has 0 aromatic carbocycles. The molecule has 62 valence electrons. The van der Waals surface area contributed by atoms with Crippen LogP contribution in [0.25, 0.3) is 0 Å². The number of nitrogens with zero attached hydrogens (tertiary/aromatic N) is 1. The number of rotatable bonds is 0. The summed E-state index contributed by atoms with van der Waals surface area (Å²) in [6, 6.07) is 4.26. The fourth-order valence-electron chi connectivity index (χ4n) is 1.24. The van der Waals surface area contributed by atoms with Crippen molar-refractivity contribution in [1.29, 1.82) is 0 Å². The average molecular weight is 156 g/mol. The van der Waals surface area contributed by atoms with Gasteiger partial charge in [-0.3, -0.25) is 4.39 Å². The van der Waals surface area contributed by atoms with Crippen LogP contribution < -0.4 is 5.32 Å². The van der Waals surface area contributed by atoms with Crippen molar-refractivity contribution in [3.63, 3.8) is 0 Å². The van der Waals surface area contributed by atoms with Gasteiger partial charge in [0.1, 0.15) is 0 Å². The molecule has 0 fully saturated rings. The van der Waals surface area contributed by atoms with E-state index >= 15 is 0 Å². The third-order valence-electron chi connectivity index (χ3n) is 1.76. The van der Waals surface area contributed by atoms with Crippen LogP contribution in [0.4, 0.5) is 4.39 Å². The zero-order chi connectivity index (χ0) is 8.10. The van der Waals surface area contributed by atoms with Gasteiger partial charge in [0.15, 0.2) is 0 Å². The summed E-state index contributed by atoms with van der Waals surface area (Å²) < 4.78 is 11.8. The predicted molar refractivity (Wildman–Crippen MR) is 43.2 cm³/mol. The van der Waals surface area contributed by atoms with Crippen LogP contribution in [-0.4, -0.2) is 18.3 Å². The Bertz CT molecular complexity index is 187. The number of fused-ring (bicyclic) bond motifs is 1. The van der Waals surface area contributed by atoms with Crippen LogP contribution in [0.1, 0.15) is 5.69 Å². The standard InChI is InChI=1S/C7H10N2.CH3F/c1-2-7-6-8-3-5-9(7)4-1;1-2/h1-2,4,8H,3,5-6H2;1H3. The van der Waals surface area contributed by atoms with Crippen molar-refractivity contribution in [2.75, 3.05) is 13.7 Å². The molecule has 0 amide bonds. The highest BCUT2D eigenvalue weighted by Gasteiger charge is 2.03. The minimum Gasteiger partial charge on any atom is -0.349 e. The molecule has 0 saturated heterocycles. The minimum atomic E-state index is 0.500. The number of hydrogen-bond acceptors (Lipinski definition) is 1. The van der Waals surface area contributed by atoms with Crippen molar-refractivity contribution in [2.24, 2.45) is 0 Å². The SMILES string of the molecule is CF.c1cc2n(c1)CCNC2. The second kappa shape index (κ2) is 4.13. The maximum atomic E-state index is 9.50. The van der Waals surface area contributed by atoms with Gasteiger partial charge < -0.3 is 9.88 Å². The van der Waals surface area contributed by atoms with E-state index in [9.17, 15) is 4.39 Å². The summed E-state index contributed by atoms with van der Waals surface area (Å²) in [6.45, 7) is 3.27. The van der Waals surface area contributed by atoms with Crippen LogP contribution in [0, 0.1) is 0 Å². The van der Waals surface area contributed by atoms with Crippen molar-refractivity contribution in [3.05, 3.63) is 24.0 Å². The Labute approximate surface area is 66.0 Å². The highest BCUT2D eigenvalue weighted by Crippen LogP contribution is 2.04. The number of nitrogens with one attached hydrogen (secondary N) is 1. The lowest BCUT2D eigenvalue weighted by Crippen LogP contribution is -2.27. The van der Waals surface area contributed by atoms with E-state index in [4.69, 9.17) is 0 Å². The summed E-state index contributed by atoms with van der Waals surface area (Å²) in [5.41, 5.74) is 1.40. The number of halogens is 1. The molecule has 0 atom stereocenters. The summed E-state index contributed by atoms with van der Waals surface area (Å²) >= 11 is 0. The first-order valence-electron chi connectivity index (χ1n) is 3.69. The molecule has 0 radical (unpaired) electrons. The van der Waals surface area contributed by atoms with Gasteiger partial charge in [-0.15, -0.1) is 0 Å². The van der Waals surface area contributed by atoms with Gasteiger partial charge in [0.05, 0.1) is 7.18 Å². The lowest BCUT2D eigenvalue weighted by molar-refractivity contribution is 0.517. The van der Waals surface area contributed by atoms with E-state index in [1.807, 2.05) is 0 Å². The van der Waals surface area contributed by atoms with Crippen molar-refractivity contribution in [1.82, 2.24) is 9.88 Å². The molecule has 11 heavy (non-hydrogen) atoms. The third kappa shape index (κ3) is 1.80. The van der Waals surface area contributed by atoms with Crippen LogP contribution in [0.3, 0.4) is 0 Å². The topological polar surface area (TPSA) is 17.0 Å². The molecule has 0 aliphatic carbocycles. The Kier molecular flexibility index (Phi) is 3.11. The maximum absolute atomic E-state index is 9.50. The lowest BCUT2D eigenvalue weighted by Gasteiger charge is -2.15. The molecule has 1 aliphatic rings. The van der Waals surface area contributed by atoms with Gasteiger partial charge in [-0.25, -0.2) is 0 Å². The molecule has 1 aromatic heterocycles. The Morgan fingerprint density at radius 1 is 1.55 bits per heavy atom. The average Bonchev–Trinajstić information content (AvgIpc) is 2.55. The van der Waals surface area contributed by atoms with Gasteiger partial charge in [-0.05, 0) is 12.1 Å². The fraction of sp³-hybridized carbons (Fsp3) is 0.500. The highest BCUT2D eigenvalue weighted by atomic mass is 19.1. The van der Waals surface area contributed by atoms with E-state index in [1.54, 1.807) is 0 Å². The molecular weight excluding hydrogens is 143 g/mol. The number of aromatic nitrogens is 1. The molecule has 1 N–H and O–H groups in total. The maximum Gasteiger partial charge on any atom is 0.0785 e. The molecule has 1 aliphatic heterocycles. The van der Waals surface area contributed by atoms with Gasteiger partial charge in [0.2, 0.25) is 0 Å². The minimum absolute atomic E-state index is 0.500. The Hall–Kier alpha value is -0.830. The fourth-order valence-corrected chi connectivity index (χ4v) is 1.24. The van der Waals surface area contributed by atoms with E-state index in [-0.39, 0.29) is 0 Å². The Balaban J connectivity index is 0.000000281. The van der Waals surface area contributed by atoms with E-state index in [1.165, 1.54) is 5.69 Å². The van der Waals surface area contributed by atoms with Crippen LogP contribution >= 0.6 is 0 Å². The van der Waals surface area contributed by atoms with Crippen LogP contribution in [-0.2, 0) is 13.1 Å². The lowest BCUT2D eigenvalue weighted by atomic mass is 10.3. The van der Waals surface area contributed by atoms with E-state index < -0.39 is 0 Å². The number of hydrogen-bond donors (Lipinski definition) is 1. The van der Waals surface area contributed by atoms with Crippen molar-refractivity contribution in [3.8, 4) is 0 Å². The predicted octanol–water partition coefficient (Wildman–Crippen LogP) is 1.18. The summed E-state index contributed by atoms with van der Waals surface area (Å²) in [5.74, 6) is 0. The summed E-state index contributed by atoms with van der Waals surface area (Å²) in [5, 5.41) is 3.31. The first kappa shape index (κ1) is 8.27. The molecule has 0 bridgehead atoms. The van der Waals surface area contributed by atoms with Crippen molar-refractivity contribution in [2.45, 2.75) is 13.1 Å². The summed E-state index contributed by atoms with van der Waals surface area (Å²) in [4.78, 5) is 0. The van der Waals surface area contributed by atoms with Gasteiger partial charge in [-0.1, -0.05) is 0 Å². The smallest absolute Gasteiger partial charge is 0.0785 e. The van der Waals surface area contributed by atoms with Gasteiger partial charge >= 0.3 is 0 Å². The largest absolute Gasteiger partial charge is 0.349 e. The number of alkyl halides is 1. The zero-order valence-electron chi connectivity index (χ0n) is 6.68. The quantitative estimate of drug-likeness (QED) is 0.596. The second-order valence-corrected chi connectivity index (χ2v) is 2.37. The Morgan fingerprint density at radius 2 is 2.36 bits per heavy atom. The molecule has 2 heterocycles. The summed E-state index contributed by atoms with van der Waals surface area (Å²) in [6.07, 6.45) is 2.14. The van der Waals surface area contributed by atoms with Gasteiger partial charge in [0, 0.05) is 31.5 Å². The van der Waals surface area contributed by atoms with E-state index in [0.29, 0.717) is 7.18 Å². The second-order valence-electron chi connectivity index (χ2n) is 2.37. The zero-order valence-corrected chi connectivity index (χ0v) is 6.68. The van der Waals surface area contributed by atoms with Crippen molar-refractivity contribution < 1.29 is 4.39 Å². The molecule has 0 unspecified atom stereocenters. The van der Waals surface area contributed by atoms with Crippen LogP contribution in [0.2, 0.25) is 0 Å². The van der Waals surface area contributed by atoms with Crippen LogP contribution in [0.5, 0.6) is 0 Å². The van der Waals surface area contributed by atoms with Crippen LogP contribution in [0.15, 0.2) is 18.3 Å². The Morgan fingerprint density at radius 3 is 3.09 bits per heavy atom. The first-order valence-corrected chi connectivity index (χ1v) is 3.69. The van der Waals surface area contributed by atoms with Gasteiger partial charge in [-0.2, -0.15) is 0 Å². The van der Waals surface area contributed by atoms with Crippen molar-refractivity contribution >= 4 is 0 Å². The van der Waals surface area contributed by atoms with E-state index in [0.717, 1.165) is 19.6 Å². The molecular formula is C8H13FN2. The summed E-state index contributed by atoms with van der Waals surface area (Å²) in [7, 11) is 0.500. The third-order valence-corrected chi connectivity index (χ3v) is 1.76. The highest BCUT2D eigenvalue weighted by molar-refractivity contribution is 5.08. The molecule has 1 aromatic rings. The molecule has 0 spiro atoms.